The van der Waals surface area contributed by atoms with Gasteiger partial charge in [-0.3, -0.25) is 4.98 Å². The largest absolute Gasteiger partial charge is 0.393 e. The maximum absolute atomic E-state index is 9.31. The van der Waals surface area contributed by atoms with Crippen molar-refractivity contribution in [3.05, 3.63) is 24.0 Å². The van der Waals surface area contributed by atoms with Gasteiger partial charge in [0.15, 0.2) is 0 Å². The normalized spacial score (nSPS) is 23.8. The fourth-order valence-corrected chi connectivity index (χ4v) is 2.63. The van der Waals surface area contributed by atoms with Gasteiger partial charge in [0.1, 0.15) is 0 Å². The van der Waals surface area contributed by atoms with Gasteiger partial charge in [-0.1, -0.05) is 6.92 Å². The Labute approximate surface area is 115 Å². The van der Waals surface area contributed by atoms with E-state index in [9.17, 15) is 5.11 Å². The smallest absolute Gasteiger partial charge is 0.0572 e. The van der Waals surface area contributed by atoms with E-state index >= 15 is 0 Å². The van der Waals surface area contributed by atoms with Crippen molar-refractivity contribution in [2.45, 2.75) is 38.8 Å². The zero-order valence-electron chi connectivity index (χ0n) is 12.1. The summed E-state index contributed by atoms with van der Waals surface area (Å²) in [6.45, 7) is 6.19. The molecule has 1 aliphatic rings. The van der Waals surface area contributed by atoms with Crippen molar-refractivity contribution in [1.82, 2.24) is 10.3 Å². The Hall–Kier alpha value is -1.13. The number of pyridine rings is 1. The van der Waals surface area contributed by atoms with E-state index in [2.05, 4.69) is 48.2 Å². The molecule has 1 heterocycles. The lowest BCUT2D eigenvalue weighted by Crippen LogP contribution is -2.37. The van der Waals surface area contributed by atoms with E-state index in [-0.39, 0.29) is 6.10 Å². The third kappa shape index (κ3) is 3.67. The first-order chi connectivity index (χ1) is 9.10. The minimum atomic E-state index is -0.0696. The Morgan fingerprint density at radius 2 is 2.21 bits per heavy atom. The van der Waals surface area contributed by atoms with Crippen LogP contribution in [0.3, 0.4) is 0 Å². The number of hydrogen-bond acceptors (Lipinski definition) is 4. The predicted molar refractivity (Wildman–Crippen MR) is 78.3 cm³/mol. The lowest BCUT2D eigenvalue weighted by molar-refractivity contribution is 0.0465. The maximum atomic E-state index is 9.31. The summed E-state index contributed by atoms with van der Waals surface area (Å²) < 4.78 is 0. The molecule has 4 heteroatoms. The third-order valence-corrected chi connectivity index (χ3v) is 3.91. The van der Waals surface area contributed by atoms with Crippen molar-refractivity contribution in [2.24, 2.45) is 5.92 Å². The molecule has 106 valence electrons. The number of aliphatic hydroxyl groups is 1. The van der Waals surface area contributed by atoms with Crippen LogP contribution in [0.4, 0.5) is 5.69 Å². The fraction of sp³-hybridized carbons (Fsp3) is 0.667. The molecule has 1 atom stereocenters. The van der Waals surface area contributed by atoms with Crippen molar-refractivity contribution in [3.63, 3.8) is 0 Å². The molecule has 0 spiro atoms. The number of nitrogens with one attached hydrogen (secondary N) is 1. The average molecular weight is 263 g/mol. The van der Waals surface area contributed by atoms with E-state index in [0.29, 0.717) is 12.0 Å². The molecular weight excluding hydrogens is 238 g/mol. The van der Waals surface area contributed by atoms with Gasteiger partial charge in [-0.15, -0.1) is 0 Å². The van der Waals surface area contributed by atoms with E-state index in [0.717, 1.165) is 37.3 Å². The molecule has 4 nitrogen and oxygen atoms in total. The lowest BCUT2D eigenvalue weighted by atomic mass is 9.82. The summed E-state index contributed by atoms with van der Waals surface area (Å²) >= 11 is 0. The Morgan fingerprint density at radius 3 is 2.74 bits per heavy atom. The van der Waals surface area contributed by atoms with Crippen LogP contribution in [-0.4, -0.2) is 36.3 Å². The summed E-state index contributed by atoms with van der Waals surface area (Å²) in [6, 6.07) is 4.52. The van der Waals surface area contributed by atoms with Crippen LogP contribution in [0, 0.1) is 5.92 Å². The van der Waals surface area contributed by atoms with Gasteiger partial charge in [-0.2, -0.15) is 0 Å². The second-order valence-electron chi connectivity index (χ2n) is 5.59. The average Bonchev–Trinajstić information content (AvgIpc) is 2.37. The topological polar surface area (TPSA) is 48.4 Å². The molecule has 1 fully saturated rings. The highest BCUT2D eigenvalue weighted by Crippen LogP contribution is 2.29. The van der Waals surface area contributed by atoms with Crippen LogP contribution in [-0.2, 0) is 0 Å². The Bertz CT molecular complexity index is 387. The highest BCUT2D eigenvalue weighted by Gasteiger charge is 2.28. The molecule has 1 aromatic heterocycles. The van der Waals surface area contributed by atoms with Crippen LogP contribution in [0.25, 0.3) is 0 Å². The van der Waals surface area contributed by atoms with Gasteiger partial charge in [0.05, 0.1) is 23.7 Å². The highest BCUT2D eigenvalue weighted by molar-refractivity contribution is 5.44. The van der Waals surface area contributed by atoms with Crippen molar-refractivity contribution in [2.75, 3.05) is 25.0 Å². The molecule has 1 aliphatic carbocycles. The maximum Gasteiger partial charge on any atom is 0.0572 e. The monoisotopic (exact) mass is 263 g/mol. The molecule has 1 unspecified atom stereocenters. The van der Waals surface area contributed by atoms with Gasteiger partial charge in [-0.25, -0.2) is 0 Å². The summed E-state index contributed by atoms with van der Waals surface area (Å²) in [7, 11) is 2.09. The summed E-state index contributed by atoms with van der Waals surface area (Å²) in [5.74, 6) is 0.625. The molecule has 0 saturated heterocycles. The van der Waals surface area contributed by atoms with Crippen molar-refractivity contribution < 1.29 is 5.11 Å². The first-order valence-corrected chi connectivity index (χ1v) is 7.18. The van der Waals surface area contributed by atoms with Crippen molar-refractivity contribution >= 4 is 5.69 Å². The molecular formula is C15H25N3O. The number of aromatic nitrogens is 1. The minimum absolute atomic E-state index is 0.0696. The van der Waals surface area contributed by atoms with Crippen molar-refractivity contribution in [3.8, 4) is 0 Å². The molecule has 0 aliphatic heterocycles. The Balaban J connectivity index is 1.90. The fourth-order valence-electron chi connectivity index (χ4n) is 2.63. The molecule has 0 bridgehead atoms. The van der Waals surface area contributed by atoms with Crippen LogP contribution in [0.1, 0.15) is 38.4 Å². The summed E-state index contributed by atoms with van der Waals surface area (Å²) in [6.07, 6.45) is 3.75. The van der Waals surface area contributed by atoms with Gasteiger partial charge in [-0.05, 0) is 44.4 Å². The number of anilines is 1. The summed E-state index contributed by atoms with van der Waals surface area (Å²) in [5, 5.41) is 12.7. The SMILES string of the molecule is CCNC(C)c1ccc(N(C)CC2CC(O)C2)cn1. The Morgan fingerprint density at radius 1 is 1.47 bits per heavy atom. The molecule has 0 amide bonds. The van der Waals surface area contributed by atoms with Crippen LogP contribution < -0.4 is 10.2 Å². The van der Waals surface area contributed by atoms with E-state index in [1.54, 1.807) is 0 Å². The number of aliphatic hydroxyl groups excluding tert-OH is 1. The van der Waals surface area contributed by atoms with Crippen LogP contribution >= 0.6 is 0 Å². The van der Waals surface area contributed by atoms with E-state index in [1.807, 2.05) is 6.20 Å². The first kappa shape index (κ1) is 14.3. The molecule has 2 N–H and O–H groups in total. The number of rotatable bonds is 6. The predicted octanol–water partition coefficient (Wildman–Crippen LogP) is 1.96. The van der Waals surface area contributed by atoms with Crippen LogP contribution in [0.5, 0.6) is 0 Å². The van der Waals surface area contributed by atoms with E-state index < -0.39 is 0 Å². The Kier molecular flexibility index (Phi) is 4.77. The van der Waals surface area contributed by atoms with Crippen LogP contribution in [0.15, 0.2) is 18.3 Å². The molecule has 1 aromatic rings. The molecule has 0 radical (unpaired) electrons. The third-order valence-electron chi connectivity index (χ3n) is 3.91. The van der Waals surface area contributed by atoms with Gasteiger partial charge in [0.2, 0.25) is 0 Å². The van der Waals surface area contributed by atoms with Gasteiger partial charge < -0.3 is 15.3 Å². The lowest BCUT2D eigenvalue weighted by Gasteiger charge is -2.35. The second kappa shape index (κ2) is 6.35. The minimum Gasteiger partial charge on any atom is -0.393 e. The number of hydrogen-bond donors (Lipinski definition) is 2. The van der Waals surface area contributed by atoms with Crippen molar-refractivity contribution in [1.29, 1.82) is 0 Å². The molecule has 2 rings (SSSR count). The standard InChI is InChI=1S/C15H25N3O/c1-4-16-11(2)15-6-5-13(9-17-15)18(3)10-12-7-14(19)8-12/h5-6,9,11-12,14,16,19H,4,7-8,10H2,1-3H3. The zero-order valence-corrected chi connectivity index (χ0v) is 12.1. The van der Waals surface area contributed by atoms with E-state index in [1.165, 1.54) is 0 Å². The summed E-state index contributed by atoms with van der Waals surface area (Å²) in [5.41, 5.74) is 2.23. The molecule has 0 aromatic carbocycles. The zero-order chi connectivity index (χ0) is 13.8. The number of nitrogens with zero attached hydrogens (tertiary/aromatic N) is 2. The summed E-state index contributed by atoms with van der Waals surface area (Å²) in [4.78, 5) is 6.76. The van der Waals surface area contributed by atoms with E-state index in [4.69, 9.17) is 0 Å². The second-order valence-corrected chi connectivity index (χ2v) is 5.59. The first-order valence-electron chi connectivity index (χ1n) is 7.18. The molecule has 19 heavy (non-hydrogen) atoms. The van der Waals surface area contributed by atoms with Gasteiger partial charge in [0.25, 0.3) is 0 Å². The van der Waals surface area contributed by atoms with Gasteiger partial charge >= 0.3 is 0 Å². The van der Waals surface area contributed by atoms with Crippen LogP contribution in [0.2, 0.25) is 0 Å². The quantitative estimate of drug-likeness (QED) is 0.823. The molecule has 1 saturated carbocycles. The van der Waals surface area contributed by atoms with Gasteiger partial charge in [0, 0.05) is 19.6 Å². The highest BCUT2D eigenvalue weighted by atomic mass is 16.3.